The Bertz CT molecular complexity index is 740. The molecule has 7 atom stereocenters. The lowest BCUT2D eigenvalue weighted by atomic mass is 9.51. The molecular formula is C25H37NO4. The van der Waals surface area contributed by atoms with Crippen molar-refractivity contribution in [1.82, 2.24) is 0 Å². The van der Waals surface area contributed by atoms with E-state index in [1.54, 1.807) is 0 Å². The van der Waals surface area contributed by atoms with Crippen molar-refractivity contribution in [3.8, 4) is 6.07 Å². The minimum Gasteiger partial charge on any atom is -0.463 e. The summed E-state index contributed by atoms with van der Waals surface area (Å²) in [7, 11) is 0. The molecule has 0 aromatic rings. The molecule has 0 radical (unpaired) electrons. The number of rotatable bonds is 5. The number of allylic oxidation sites excluding steroid dienone is 1. The van der Waals surface area contributed by atoms with Crippen LogP contribution in [0.1, 0.15) is 85.5 Å². The third-order valence-corrected chi connectivity index (χ3v) is 8.72. The third-order valence-electron chi connectivity index (χ3n) is 8.72. The summed E-state index contributed by atoms with van der Waals surface area (Å²) in [5, 5.41) is 9.23. The summed E-state index contributed by atoms with van der Waals surface area (Å²) in [6.07, 6.45) is 7.76. The first-order valence-electron chi connectivity index (χ1n) is 11.5. The Labute approximate surface area is 181 Å². The lowest BCUT2D eigenvalue weighted by Gasteiger charge is -2.56. The quantitative estimate of drug-likeness (QED) is 0.447. The third kappa shape index (κ3) is 4.15. The largest absolute Gasteiger partial charge is 0.463 e. The van der Waals surface area contributed by atoms with Crippen molar-refractivity contribution >= 4 is 11.9 Å². The van der Waals surface area contributed by atoms with E-state index in [2.05, 4.69) is 26.5 Å². The average Bonchev–Trinajstić information content (AvgIpc) is 2.97. The molecule has 3 aliphatic carbocycles. The SMILES string of the molecule is C=C1CC[C@@H]2[C@H](OC(C)=O)[C@H]([C@@]3(C)CC[C@H](OC(C)=O)C[C@@H]3CCC#N)CC[C@]12C. The lowest BCUT2D eigenvalue weighted by molar-refractivity contribution is -0.176. The van der Waals surface area contributed by atoms with Gasteiger partial charge in [0, 0.05) is 32.1 Å². The Morgan fingerprint density at radius 3 is 2.43 bits per heavy atom. The van der Waals surface area contributed by atoms with Crippen molar-refractivity contribution < 1.29 is 19.1 Å². The second-order valence-corrected chi connectivity index (χ2v) is 10.3. The minimum absolute atomic E-state index is 0.0428. The number of esters is 2. The molecule has 0 aromatic carbocycles. The Balaban J connectivity index is 1.91. The molecule has 0 unspecified atom stereocenters. The van der Waals surface area contributed by atoms with Gasteiger partial charge in [-0.25, -0.2) is 0 Å². The number of hydrogen-bond donors (Lipinski definition) is 0. The summed E-state index contributed by atoms with van der Waals surface area (Å²) in [4.78, 5) is 23.6. The smallest absolute Gasteiger partial charge is 0.302 e. The molecule has 0 saturated heterocycles. The topological polar surface area (TPSA) is 76.4 Å². The van der Waals surface area contributed by atoms with Gasteiger partial charge in [0.1, 0.15) is 12.2 Å². The number of nitriles is 1. The summed E-state index contributed by atoms with van der Waals surface area (Å²) >= 11 is 0. The Morgan fingerprint density at radius 1 is 1.10 bits per heavy atom. The van der Waals surface area contributed by atoms with Crippen LogP contribution in [-0.4, -0.2) is 24.1 Å². The Morgan fingerprint density at radius 2 is 1.80 bits per heavy atom. The average molecular weight is 416 g/mol. The van der Waals surface area contributed by atoms with Gasteiger partial charge < -0.3 is 9.47 Å². The molecule has 166 valence electrons. The molecule has 5 heteroatoms. The van der Waals surface area contributed by atoms with Crippen molar-refractivity contribution in [3.63, 3.8) is 0 Å². The molecule has 3 aliphatic rings. The van der Waals surface area contributed by atoms with Crippen LogP contribution in [0.4, 0.5) is 0 Å². The first-order chi connectivity index (χ1) is 14.1. The van der Waals surface area contributed by atoms with E-state index in [1.807, 2.05) is 0 Å². The zero-order valence-electron chi connectivity index (χ0n) is 19.0. The van der Waals surface area contributed by atoms with Crippen molar-refractivity contribution in [3.05, 3.63) is 12.2 Å². The van der Waals surface area contributed by atoms with E-state index in [0.29, 0.717) is 12.3 Å². The fourth-order valence-electron chi connectivity index (χ4n) is 6.94. The lowest BCUT2D eigenvalue weighted by Crippen LogP contribution is -2.54. The number of ether oxygens (including phenoxy) is 2. The first kappa shape index (κ1) is 22.8. The van der Waals surface area contributed by atoms with E-state index < -0.39 is 0 Å². The van der Waals surface area contributed by atoms with Crippen molar-refractivity contribution in [1.29, 1.82) is 5.26 Å². The van der Waals surface area contributed by atoms with Gasteiger partial charge in [0.05, 0.1) is 6.07 Å². The predicted octanol–water partition coefficient (Wildman–Crippen LogP) is 5.34. The highest BCUT2D eigenvalue weighted by atomic mass is 16.5. The molecule has 3 rings (SSSR count). The standard InChI is InChI=1S/C25H37NO4/c1-16-8-9-21-23(30-18(3)28)22(11-13-24(16,21)4)25(5)12-10-20(29-17(2)27)15-19(25)7-6-14-26/h19-23H,1,6-13,15H2,2-5H3/t19-,20-,21+,22+,23-,24+,25-/m0/s1. The van der Waals surface area contributed by atoms with Crippen LogP contribution in [0.25, 0.3) is 0 Å². The number of hydrogen-bond acceptors (Lipinski definition) is 5. The van der Waals surface area contributed by atoms with Crippen LogP contribution >= 0.6 is 0 Å². The van der Waals surface area contributed by atoms with E-state index in [9.17, 15) is 14.9 Å². The molecule has 0 aromatic heterocycles. The van der Waals surface area contributed by atoms with E-state index in [4.69, 9.17) is 9.47 Å². The van der Waals surface area contributed by atoms with Crippen LogP contribution in [0, 0.1) is 39.9 Å². The van der Waals surface area contributed by atoms with Crippen LogP contribution in [0.3, 0.4) is 0 Å². The molecule has 0 amide bonds. The van der Waals surface area contributed by atoms with Crippen molar-refractivity contribution in [2.45, 2.75) is 97.7 Å². The number of carbonyl (C=O) groups excluding carboxylic acids is 2. The van der Waals surface area contributed by atoms with Gasteiger partial charge in [-0.05, 0) is 68.1 Å². The highest BCUT2D eigenvalue weighted by Gasteiger charge is 2.58. The maximum Gasteiger partial charge on any atom is 0.302 e. The Kier molecular flexibility index (Phi) is 6.65. The molecule has 0 N–H and O–H groups in total. The van der Waals surface area contributed by atoms with Crippen LogP contribution in [-0.2, 0) is 19.1 Å². The summed E-state index contributed by atoms with van der Waals surface area (Å²) in [5.74, 6) is 0.391. The zero-order chi connectivity index (χ0) is 22.1. The molecule has 30 heavy (non-hydrogen) atoms. The predicted molar refractivity (Wildman–Crippen MR) is 114 cm³/mol. The zero-order valence-corrected chi connectivity index (χ0v) is 19.0. The monoisotopic (exact) mass is 415 g/mol. The van der Waals surface area contributed by atoms with E-state index in [1.165, 1.54) is 19.4 Å². The molecule has 5 nitrogen and oxygen atoms in total. The molecular weight excluding hydrogens is 378 g/mol. The maximum atomic E-state index is 12.1. The fraction of sp³-hybridized carbons (Fsp3) is 0.800. The fourth-order valence-corrected chi connectivity index (χ4v) is 6.94. The van der Waals surface area contributed by atoms with E-state index in [-0.39, 0.29) is 46.8 Å². The van der Waals surface area contributed by atoms with Gasteiger partial charge in [-0.15, -0.1) is 0 Å². The number of nitrogens with zero attached hydrogens (tertiary/aromatic N) is 1. The number of fused-ring (bicyclic) bond motifs is 1. The summed E-state index contributed by atoms with van der Waals surface area (Å²) in [6.45, 7) is 11.9. The second-order valence-electron chi connectivity index (χ2n) is 10.3. The van der Waals surface area contributed by atoms with Crippen molar-refractivity contribution in [2.24, 2.45) is 28.6 Å². The van der Waals surface area contributed by atoms with Crippen LogP contribution in [0.2, 0.25) is 0 Å². The normalized spacial score (nSPS) is 40.9. The van der Waals surface area contributed by atoms with Gasteiger partial charge >= 0.3 is 11.9 Å². The highest BCUT2D eigenvalue weighted by molar-refractivity contribution is 5.66. The van der Waals surface area contributed by atoms with Gasteiger partial charge in [0.2, 0.25) is 0 Å². The highest BCUT2D eigenvalue weighted by Crippen LogP contribution is 2.62. The summed E-state index contributed by atoms with van der Waals surface area (Å²) in [6, 6.07) is 2.30. The summed E-state index contributed by atoms with van der Waals surface area (Å²) in [5.41, 5.74) is 1.30. The second kappa shape index (κ2) is 8.73. The van der Waals surface area contributed by atoms with Gasteiger partial charge in [0.15, 0.2) is 0 Å². The van der Waals surface area contributed by atoms with E-state index >= 15 is 0 Å². The molecule has 3 fully saturated rings. The van der Waals surface area contributed by atoms with Crippen LogP contribution in [0.5, 0.6) is 0 Å². The van der Waals surface area contributed by atoms with Crippen molar-refractivity contribution in [2.75, 3.05) is 0 Å². The first-order valence-corrected chi connectivity index (χ1v) is 11.5. The van der Waals surface area contributed by atoms with E-state index in [0.717, 1.165) is 51.4 Å². The molecule has 0 heterocycles. The van der Waals surface area contributed by atoms with Gasteiger partial charge in [-0.3, -0.25) is 9.59 Å². The molecule has 0 bridgehead atoms. The Hall–Kier alpha value is -1.83. The van der Waals surface area contributed by atoms with Crippen LogP contribution < -0.4 is 0 Å². The summed E-state index contributed by atoms with van der Waals surface area (Å²) < 4.78 is 11.6. The minimum atomic E-state index is -0.238. The molecule has 0 spiro atoms. The molecule has 0 aliphatic heterocycles. The van der Waals surface area contributed by atoms with Gasteiger partial charge in [-0.2, -0.15) is 5.26 Å². The van der Waals surface area contributed by atoms with Gasteiger partial charge in [-0.1, -0.05) is 26.0 Å². The maximum absolute atomic E-state index is 12.1. The molecule has 3 saturated carbocycles. The van der Waals surface area contributed by atoms with Gasteiger partial charge in [0.25, 0.3) is 0 Å². The van der Waals surface area contributed by atoms with Crippen LogP contribution in [0.15, 0.2) is 12.2 Å². The number of carbonyl (C=O) groups is 2.